The number of phenolic OH excluding ortho intramolecular Hbond substituents is 1. The van der Waals surface area contributed by atoms with Crippen molar-refractivity contribution in [3.8, 4) is 17.2 Å². The van der Waals surface area contributed by atoms with Gasteiger partial charge >= 0.3 is 0 Å². The first kappa shape index (κ1) is 18.3. The van der Waals surface area contributed by atoms with Crippen LogP contribution in [0.5, 0.6) is 17.2 Å². The van der Waals surface area contributed by atoms with Crippen molar-refractivity contribution in [2.75, 3.05) is 6.61 Å². The van der Waals surface area contributed by atoms with E-state index in [1.54, 1.807) is 6.07 Å². The van der Waals surface area contributed by atoms with E-state index in [4.69, 9.17) is 9.47 Å². The maximum absolute atomic E-state index is 11.9. The van der Waals surface area contributed by atoms with Crippen LogP contribution in [0.15, 0.2) is 47.6 Å². The molecule has 0 saturated heterocycles. The van der Waals surface area contributed by atoms with Crippen LogP contribution in [0.25, 0.3) is 0 Å². The van der Waals surface area contributed by atoms with Gasteiger partial charge in [-0.2, -0.15) is 5.10 Å². The molecule has 0 unspecified atom stereocenters. The number of phenols is 1. The van der Waals surface area contributed by atoms with Crippen LogP contribution < -0.4 is 14.9 Å². The molecule has 1 amide bonds. The summed E-state index contributed by atoms with van der Waals surface area (Å²) in [6.45, 7) is 6.32. The van der Waals surface area contributed by atoms with Crippen molar-refractivity contribution >= 4 is 12.1 Å². The molecular weight excluding hydrogens is 320 g/mol. The van der Waals surface area contributed by atoms with Crippen LogP contribution in [0.1, 0.15) is 36.7 Å². The molecule has 0 fully saturated rings. The van der Waals surface area contributed by atoms with E-state index in [1.807, 2.05) is 32.9 Å². The Morgan fingerprint density at radius 2 is 1.92 bits per heavy atom. The van der Waals surface area contributed by atoms with E-state index in [9.17, 15) is 9.90 Å². The standard InChI is InChI=1S/C19H22N2O4/c1-4-24-18-11-14(5-10-17(18)25-13(2)3)12-20-21-19(23)15-6-8-16(22)9-7-15/h5-13,22H,4H2,1-3H3,(H,21,23)/b20-12-. The Hall–Kier alpha value is -3.02. The third kappa shape index (κ3) is 5.53. The Morgan fingerprint density at radius 3 is 2.56 bits per heavy atom. The van der Waals surface area contributed by atoms with E-state index < -0.39 is 0 Å². The van der Waals surface area contributed by atoms with Gasteiger partial charge < -0.3 is 14.6 Å². The molecule has 0 aliphatic carbocycles. The first-order chi connectivity index (χ1) is 12.0. The molecule has 0 bridgehead atoms. The van der Waals surface area contributed by atoms with Crippen LogP contribution >= 0.6 is 0 Å². The number of amides is 1. The van der Waals surface area contributed by atoms with Gasteiger partial charge in [0.05, 0.1) is 18.9 Å². The molecule has 0 aliphatic heterocycles. The third-order valence-corrected chi connectivity index (χ3v) is 3.14. The summed E-state index contributed by atoms with van der Waals surface area (Å²) in [4.78, 5) is 11.9. The molecule has 2 rings (SSSR count). The SMILES string of the molecule is CCOc1cc(/C=N\NC(=O)c2ccc(O)cc2)ccc1OC(C)C. The number of nitrogens with one attached hydrogen (secondary N) is 1. The second kappa shape index (κ2) is 8.73. The molecule has 6 nitrogen and oxygen atoms in total. The molecule has 25 heavy (non-hydrogen) atoms. The van der Waals surface area contributed by atoms with E-state index in [-0.39, 0.29) is 17.8 Å². The molecule has 2 N–H and O–H groups in total. The number of carbonyl (C=O) groups is 1. The highest BCUT2D eigenvalue weighted by Crippen LogP contribution is 2.28. The lowest BCUT2D eigenvalue weighted by Gasteiger charge is -2.14. The van der Waals surface area contributed by atoms with Gasteiger partial charge in [0.25, 0.3) is 5.91 Å². The van der Waals surface area contributed by atoms with Crippen molar-refractivity contribution in [3.63, 3.8) is 0 Å². The van der Waals surface area contributed by atoms with Gasteiger partial charge in [0, 0.05) is 5.56 Å². The zero-order valence-corrected chi connectivity index (χ0v) is 14.5. The lowest BCUT2D eigenvalue weighted by Crippen LogP contribution is -2.17. The summed E-state index contributed by atoms with van der Waals surface area (Å²) >= 11 is 0. The quantitative estimate of drug-likeness (QED) is 0.597. The van der Waals surface area contributed by atoms with E-state index in [2.05, 4.69) is 10.5 Å². The zero-order chi connectivity index (χ0) is 18.2. The molecule has 0 saturated carbocycles. The van der Waals surface area contributed by atoms with Gasteiger partial charge in [-0.1, -0.05) is 0 Å². The first-order valence-electron chi connectivity index (χ1n) is 8.05. The minimum Gasteiger partial charge on any atom is -0.508 e. The normalized spacial score (nSPS) is 10.9. The number of hydrogen-bond donors (Lipinski definition) is 2. The Morgan fingerprint density at radius 1 is 1.20 bits per heavy atom. The fourth-order valence-corrected chi connectivity index (χ4v) is 2.07. The van der Waals surface area contributed by atoms with Crippen molar-refractivity contribution in [3.05, 3.63) is 53.6 Å². The molecule has 2 aromatic rings. The zero-order valence-electron chi connectivity index (χ0n) is 14.5. The molecule has 0 aliphatic rings. The van der Waals surface area contributed by atoms with Crippen molar-refractivity contribution < 1.29 is 19.4 Å². The summed E-state index contributed by atoms with van der Waals surface area (Å²) in [7, 11) is 0. The highest BCUT2D eigenvalue weighted by Gasteiger charge is 2.08. The summed E-state index contributed by atoms with van der Waals surface area (Å²) in [5.41, 5.74) is 3.62. The molecule has 6 heteroatoms. The number of hydrazone groups is 1. The molecule has 0 radical (unpaired) electrons. The van der Waals surface area contributed by atoms with Gasteiger partial charge in [-0.15, -0.1) is 0 Å². The minimum atomic E-state index is -0.360. The Labute approximate surface area is 147 Å². The number of hydrogen-bond acceptors (Lipinski definition) is 5. The molecule has 2 aromatic carbocycles. The molecular formula is C19H22N2O4. The summed E-state index contributed by atoms with van der Waals surface area (Å²) in [6, 6.07) is 11.4. The minimum absolute atomic E-state index is 0.0447. The van der Waals surface area contributed by atoms with Gasteiger partial charge in [-0.05, 0) is 68.8 Å². The van der Waals surface area contributed by atoms with Gasteiger partial charge in [-0.25, -0.2) is 5.43 Å². The summed E-state index contributed by atoms with van der Waals surface area (Å²) in [5.74, 6) is 1.04. The maximum atomic E-state index is 11.9. The molecule has 0 aromatic heterocycles. The third-order valence-electron chi connectivity index (χ3n) is 3.14. The number of carbonyl (C=O) groups excluding carboxylic acids is 1. The Kier molecular flexibility index (Phi) is 6.39. The summed E-state index contributed by atoms with van der Waals surface area (Å²) in [6.07, 6.45) is 1.57. The van der Waals surface area contributed by atoms with Crippen LogP contribution in [0.3, 0.4) is 0 Å². The number of ether oxygens (including phenoxy) is 2. The van der Waals surface area contributed by atoms with E-state index in [0.29, 0.717) is 23.7 Å². The smallest absolute Gasteiger partial charge is 0.271 e. The number of rotatable bonds is 7. The van der Waals surface area contributed by atoms with Crippen molar-refractivity contribution in [1.29, 1.82) is 0 Å². The fraction of sp³-hybridized carbons (Fsp3) is 0.263. The van der Waals surface area contributed by atoms with E-state index in [0.717, 1.165) is 5.56 Å². The predicted octanol–water partition coefficient (Wildman–Crippen LogP) is 3.34. The fourth-order valence-electron chi connectivity index (χ4n) is 2.07. The lowest BCUT2D eigenvalue weighted by atomic mass is 10.2. The second-order valence-electron chi connectivity index (χ2n) is 5.55. The molecule has 0 heterocycles. The number of aromatic hydroxyl groups is 1. The van der Waals surface area contributed by atoms with E-state index in [1.165, 1.54) is 30.5 Å². The number of nitrogens with zero attached hydrogens (tertiary/aromatic N) is 1. The molecule has 132 valence electrons. The largest absolute Gasteiger partial charge is 0.508 e. The van der Waals surface area contributed by atoms with Crippen LogP contribution in [0.4, 0.5) is 0 Å². The van der Waals surface area contributed by atoms with Gasteiger partial charge in [0.1, 0.15) is 5.75 Å². The topological polar surface area (TPSA) is 80.2 Å². The van der Waals surface area contributed by atoms with Crippen LogP contribution in [0.2, 0.25) is 0 Å². The first-order valence-corrected chi connectivity index (χ1v) is 8.05. The van der Waals surface area contributed by atoms with Gasteiger partial charge in [0.15, 0.2) is 11.5 Å². The highest BCUT2D eigenvalue weighted by molar-refractivity contribution is 5.95. The average Bonchev–Trinajstić information content (AvgIpc) is 2.57. The molecule has 0 spiro atoms. The van der Waals surface area contributed by atoms with Crippen molar-refractivity contribution in [1.82, 2.24) is 5.43 Å². The van der Waals surface area contributed by atoms with Gasteiger partial charge in [0.2, 0.25) is 0 Å². The van der Waals surface area contributed by atoms with E-state index >= 15 is 0 Å². The predicted molar refractivity (Wildman–Crippen MR) is 96.5 cm³/mol. The summed E-state index contributed by atoms with van der Waals surface area (Å²) < 4.78 is 11.3. The average molecular weight is 342 g/mol. The second-order valence-corrected chi connectivity index (χ2v) is 5.55. The Bertz CT molecular complexity index is 740. The highest BCUT2D eigenvalue weighted by atomic mass is 16.5. The van der Waals surface area contributed by atoms with Crippen molar-refractivity contribution in [2.45, 2.75) is 26.9 Å². The van der Waals surface area contributed by atoms with Crippen LogP contribution in [-0.4, -0.2) is 29.9 Å². The monoisotopic (exact) mass is 342 g/mol. The maximum Gasteiger partial charge on any atom is 0.271 e. The molecule has 0 atom stereocenters. The summed E-state index contributed by atoms with van der Waals surface area (Å²) in [5, 5.41) is 13.2. The number of benzene rings is 2. The van der Waals surface area contributed by atoms with Gasteiger partial charge in [-0.3, -0.25) is 4.79 Å². The van der Waals surface area contributed by atoms with Crippen LogP contribution in [0, 0.1) is 0 Å². The van der Waals surface area contributed by atoms with Crippen LogP contribution in [-0.2, 0) is 0 Å². The van der Waals surface area contributed by atoms with Crippen molar-refractivity contribution in [2.24, 2.45) is 5.10 Å². The lowest BCUT2D eigenvalue weighted by molar-refractivity contribution is 0.0955. The Balaban J connectivity index is 2.05.